The van der Waals surface area contributed by atoms with Crippen LogP contribution in [-0.2, 0) is 0 Å². The normalized spacial score (nSPS) is 15.1. The summed E-state index contributed by atoms with van der Waals surface area (Å²) in [7, 11) is 0. The van der Waals surface area contributed by atoms with Crippen LogP contribution >= 0.6 is 11.3 Å². The summed E-state index contributed by atoms with van der Waals surface area (Å²) in [5, 5.41) is 9.96. The molecule has 1 aliphatic heterocycles. The Kier molecular flexibility index (Phi) is 2.84. The number of nitrogens with zero attached hydrogens (tertiary/aromatic N) is 2. The zero-order valence-corrected chi connectivity index (χ0v) is 9.93. The fourth-order valence-corrected chi connectivity index (χ4v) is 3.06. The number of anilines is 2. The molecule has 5 heteroatoms. The van der Waals surface area contributed by atoms with Crippen molar-refractivity contribution in [3.8, 4) is 6.07 Å². The summed E-state index contributed by atoms with van der Waals surface area (Å²) in [6.07, 6.45) is 2.27. The van der Waals surface area contributed by atoms with Crippen LogP contribution in [-0.4, -0.2) is 18.9 Å². The summed E-state index contributed by atoms with van der Waals surface area (Å²) < 4.78 is 0. The molecule has 16 heavy (non-hydrogen) atoms. The van der Waals surface area contributed by atoms with Crippen LogP contribution in [0.1, 0.15) is 35.0 Å². The van der Waals surface area contributed by atoms with E-state index >= 15 is 0 Å². The Hall–Kier alpha value is -1.54. The van der Waals surface area contributed by atoms with Gasteiger partial charge in [-0.1, -0.05) is 0 Å². The molecule has 0 unspecified atom stereocenters. The lowest BCUT2D eigenvalue weighted by atomic mass is 10.2. The number of thiophene rings is 1. The van der Waals surface area contributed by atoms with E-state index < -0.39 is 0 Å². The number of hydrogen-bond acceptors (Lipinski definition) is 5. The Bertz CT molecular complexity index is 466. The van der Waals surface area contributed by atoms with Crippen LogP contribution < -0.4 is 10.6 Å². The van der Waals surface area contributed by atoms with Gasteiger partial charge in [0.1, 0.15) is 16.6 Å². The third-order valence-electron chi connectivity index (χ3n) is 2.75. The highest BCUT2D eigenvalue weighted by atomic mass is 32.1. The van der Waals surface area contributed by atoms with Gasteiger partial charge in [0.15, 0.2) is 5.78 Å². The first-order valence-corrected chi connectivity index (χ1v) is 6.05. The van der Waals surface area contributed by atoms with Crippen molar-refractivity contribution in [1.29, 1.82) is 5.26 Å². The van der Waals surface area contributed by atoms with E-state index in [4.69, 9.17) is 11.0 Å². The lowest BCUT2D eigenvalue weighted by molar-refractivity contribution is 0.102. The maximum Gasteiger partial charge on any atom is 0.171 e. The van der Waals surface area contributed by atoms with Gasteiger partial charge in [-0.15, -0.1) is 11.3 Å². The Morgan fingerprint density at radius 1 is 1.50 bits per heavy atom. The molecule has 0 saturated carbocycles. The van der Waals surface area contributed by atoms with E-state index in [-0.39, 0.29) is 5.78 Å². The van der Waals surface area contributed by atoms with Crippen molar-refractivity contribution in [2.45, 2.75) is 19.8 Å². The molecule has 84 valence electrons. The molecule has 0 atom stereocenters. The average Bonchev–Trinajstić information content (AvgIpc) is 2.83. The van der Waals surface area contributed by atoms with Crippen molar-refractivity contribution in [2.24, 2.45) is 0 Å². The van der Waals surface area contributed by atoms with Gasteiger partial charge in [-0.25, -0.2) is 0 Å². The van der Waals surface area contributed by atoms with Crippen molar-refractivity contribution in [1.82, 2.24) is 0 Å². The molecule has 0 spiro atoms. The van der Waals surface area contributed by atoms with Gasteiger partial charge in [0.05, 0.1) is 10.6 Å². The number of nitrogens with two attached hydrogens (primary N) is 1. The summed E-state index contributed by atoms with van der Waals surface area (Å²) in [5.41, 5.74) is 6.64. The van der Waals surface area contributed by atoms with E-state index in [0.29, 0.717) is 16.1 Å². The second kappa shape index (κ2) is 4.14. The highest BCUT2D eigenvalue weighted by Gasteiger charge is 2.24. The largest absolute Gasteiger partial charge is 0.396 e. The van der Waals surface area contributed by atoms with E-state index in [2.05, 4.69) is 11.0 Å². The molecular weight excluding hydrogens is 222 g/mol. The number of carbonyl (C=O) groups excluding carboxylic acids is 1. The monoisotopic (exact) mass is 235 g/mol. The Morgan fingerprint density at radius 2 is 2.12 bits per heavy atom. The lowest BCUT2D eigenvalue weighted by Gasteiger charge is -2.14. The molecule has 0 radical (unpaired) electrons. The van der Waals surface area contributed by atoms with Crippen LogP contribution in [0.4, 0.5) is 10.7 Å². The minimum absolute atomic E-state index is 0.0653. The predicted molar refractivity (Wildman–Crippen MR) is 64.9 cm³/mol. The van der Waals surface area contributed by atoms with E-state index in [1.807, 2.05) is 0 Å². The van der Waals surface area contributed by atoms with E-state index in [9.17, 15) is 4.79 Å². The second-order valence-electron chi connectivity index (χ2n) is 3.89. The fourth-order valence-electron chi connectivity index (χ4n) is 1.94. The highest BCUT2D eigenvalue weighted by molar-refractivity contribution is 7.19. The van der Waals surface area contributed by atoms with Crippen molar-refractivity contribution in [3.05, 3.63) is 10.4 Å². The Balaban J connectivity index is 2.48. The van der Waals surface area contributed by atoms with Crippen molar-refractivity contribution >= 4 is 27.8 Å². The van der Waals surface area contributed by atoms with E-state index in [0.717, 1.165) is 30.9 Å². The summed E-state index contributed by atoms with van der Waals surface area (Å²) in [6, 6.07) is 2.11. The zero-order valence-electron chi connectivity index (χ0n) is 9.12. The minimum atomic E-state index is -0.0653. The van der Waals surface area contributed by atoms with E-state index in [1.54, 1.807) is 0 Å². The number of Topliss-reactive ketones (excluding diaryl/α,β-unsaturated/α-hetero) is 1. The SMILES string of the molecule is CC(=O)c1sc(N2CCCC2)c(C#N)c1N. The molecule has 1 saturated heterocycles. The zero-order chi connectivity index (χ0) is 11.7. The molecule has 1 aliphatic rings. The third kappa shape index (κ3) is 1.65. The Morgan fingerprint density at radius 3 is 2.62 bits per heavy atom. The van der Waals surface area contributed by atoms with Gasteiger partial charge < -0.3 is 10.6 Å². The van der Waals surface area contributed by atoms with E-state index in [1.165, 1.54) is 18.3 Å². The number of nitrogen functional groups attached to an aromatic ring is 1. The first kappa shape index (κ1) is 11.0. The second-order valence-corrected chi connectivity index (χ2v) is 4.89. The predicted octanol–water partition coefficient (Wildman–Crippen LogP) is 2.00. The van der Waals surface area contributed by atoms with Gasteiger partial charge in [0, 0.05) is 20.0 Å². The van der Waals surface area contributed by atoms with Gasteiger partial charge in [0.25, 0.3) is 0 Å². The molecule has 2 heterocycles. The maximum absolute atomic E-state index is 11.4. The van der Waals surface area contributed by atoms with Gasteiger partial charge in [-0.05, 0) is 12.8 Å². The lowest BCUT2D eigenvalue weighted by Crippen LogP contribution is -2.17. The fraction of sp³-hybridized carbons (Fsp3) is 0.455. The maximum atomic E-state index is 11.4. The van der Waals surface area contributed by atoms with Crippen LogP contribution in [0.3, 0.4) is 0 Å². The van der Waals surface area contributed by atoms with Crippen molar-refractivity contribution in [3.63, 3.8) is 0 Å². The van der Waals surface area contributed by atoms with Gasteiger partial charge in [-0.3, -0.25) is 4.79 Å². The molecule has 0 amide bonds. The van der Waals surface area contributed by atoms with Crippen LogP contribution in [0.15, 0.2) is 0 Å². The molecule has 0 bridgehead atoms. The number of rotatable bonds is 2. The smallest absolute Gasteiger partial charge is 0.171 e. The number of hydrogen-bond donors (Lipinski definition) is 1. The first-order valence-electron chi connectivity index (χ1n) is 5.23. The molecule has 1 aromatic heterocycles. The van der Waals surface area contributed by atoms with Crippen LogP contribution in [0, 0.1) is 11.3 Å². The summed E-state index contributed by atoms with van der Waals surface area (Å²) in [6.45, 7) is 3.38. The number of nitriles is 1. The molecule has 4 nitrogen and oxygen atoms in total. The molecule has 1 fully saturated rings. The first-order chi connectivity index (χ1) is 7.65. The molecule has 0 aliphatic carbocycles. The molecular formula is C11H13N3OS. The van der Waals surface area contributed by atoms with Crippen LogP contribution in [0.25, 0.3) is 0 Å². The van der Waals surface area contributed by atoms with Crippen molar-refractivity contribution < 1.29 is 4.79 Å². The molecule has 2 N–H and O–H groups in total. The quantitative estimate of drug-likeness (QED) is 0.796. The average molecular weight is 235 g/mol. The summed E-state index contributed by atoms with van der Waals surface area (Å²) >= 11 is 1.34. The topological polar surface area (TPSA) is 70.1 Å². The summed E-state index contributed by atoms with van der Waals surface area (Å²) in [4.78, 5) is 14.0. The molecule has 1 aromatic rings. The van der Waals surface area contributed by atoms with Gasteiger partial charge >= 0.3 is 0 Å². The van der Waals surface area contributed by atoms with Gasteiger partial charge in [0.2, 0.25) is 0 Å². The number of ketones is 1. The highest BCUT2D eigenvalue weighted by Crippen LogP contribution is 2.39. The van der Waals surface area contributed by atoms with Crippen LogP contribution in [0.2, 0.25) is 0 Å². The third-order valence-corrected chi connectivity index (χ3v) is 4.12. The summed E-state index contributed by atoms with van der Waals surface area (Å²) in [5.74, 6) is -0.0653. The Labute approximate surface area is 98.3 Å². The van der Waals surface area contributed by atoms with Crippen LogP contribution in [0.5, 0.6) is 0 Å². The van der Waals surface area contributed by atoms with Crippen molar-refractivity contribution in [2.75, 3.05) is 23.7 Å². The van der Waals surface area contributed by atoms with Gasteiger partial charge in [-0.2, -0.15) is 5.26 Å². The molecule has 2 rings (SSSR count). The minimum Gasteiger partial charge on any atom is -0.396 e. The number of carbonyl (C=O) groups is 1. The standard InChI is InChI=1S/C11H13N3OS/c1-7(15)10-9(13)8(6-12)11(16-10)14-4-2-3-5-14/h2-5,13H2,1H3. The molecule has 0 aromatic carbocycles.